The Morgan fingerprint density at radius 2 is 2.23 bits per heavy atom. The van der Waals surface area contributed by atoms with Crippen molar-refractivity contribution in [3.8, 4) is 0 Å². The lowest BCUT2D eigenvalue weighted by molar-refractivity contribution is -0.122. The van der Waals surface area contributed by atoms with Crippen molar-refractivity contribution in [3.05, 3.63) is 0 Å². The Labute approximate surface area is 78.3 Å². The first-order chi connectivity index (χ1) is 6.24. The van der Waals surface area contributed by atoms with Crippen LogP contribution in [0.2, 0.25) is 0 Å². The summed E-state index contributed by atoms with van der Waals surface area (Å²) in [4.78, 5) is 22.7. The molecule has 0 radical (unpaired) electrons. The van der Waals surface area contributed by atoms with Crippen molar-refractivity contribution in [3.63, 3.8) is 0 Å². The summed E-state index contributed by atoms with van der Waals surface area (Å²) in [5.74, 6) is -0.00130. The second kappa shape index (κ2) is 7.54. The van der Waals surface area contributed by atoms with E-state index in [1.165, 1.54) is 4.90 Å². The predicted molar refractivity (Wildman–Crippen MR) is 50.0 cm³/mol. The fraction of sp³-hybridized carbons (Fsp3) is 0.750. The van der Waals surface area contributed by atoms with Crippen LogP contribution in [-0.2, 0) is 9.59 Å². The molecule has 76 valence electrons. The van der Waals surface area contributed by atoms with Crippen molar-refractivity contribution in [1.29, 1.82) is 0 Å². The van der Waals surface area contributed by atoms with E-state index in [4.69, 9.17) is 5.73 Å². The molecule has 0 atom stereocenters. The van der Waals surface area contributed by atoms with Crippen molar-refractivity contribution in [2.45, 2.75) is 13.3 Å². The van der Waals surface area contributed by atoms with E-state index in [1.807, 2.05) is 0 Å². The maximum Gasteiger partial charge on any atom is 0.219 e. The minimum atomic E-state index is -0.00130. The summed E-state index contributed by atoms with van der Waals surface area (Å²) in [6, 6.07) is 0. The number of hydrogen-bond acceptors (Lipinski definition) is 3. The first-order valence-corrected chi connectivity index (χ1v) is 4.40. The Morgan fingerprint density at radius 1 is 1.54 bits per heavy atom. The minimum Gasteiger partial charge on any atom is -0.354 e. The van der Waals surface area contributed by atoms with Gasteiger partial charge in [-0.3, -0.25) is 9.59 Å². The lowest BCUT2D eigenvalue weighted by Gasteiger charge is -2.15. The number of nitrogens with one attached hydrogen (secondary N) is 1. The summed E-state index contributed by atoms with van der Waals surface area (Å²) in [5.41, 5.74) is 5.27. The normalized spacial score (nSPS) is 9.38. The monoisotopic (exact) mass is 187 g/mol. The van der Waals surface area contributed by atoms with Gasteiger partial charge in [-0.05, 0) is 0 Å². The van der Waals surface area contributed by atoms with Crippen molar-refractivity contribution >= 4 is 12.3 Å². The highest BCUT2D eigenvalue weighted by Crippen LogP contribution is 1.80. The van der Waals surface area contributed by atoms with E-state index in [-0.39, 0.29) is 5.91 Å². The van der Waals surface area contributed by atoms with Crippen LogP contribution >= 0.6 is 0 Å². The van der Waals surface area contributed by atoms with Crippen LogP contribution in [-0.4, -0.2) is 43.4 Å². The van der Waals surface area contributed by atoms with Crippen LogP contribution in [0.25, 0.3) is 0 Å². The molecule has 0 aromatic heterocycles. The van der Waals surface area contributed by atoms with Crippen LogP contribution in [0.3, 0.4) is 0 Å². The molecule has 0 spiro atoms. The second-order valence-corrected chi connectivity index (χ2v) is 2.63. The van der Waals surface area contributed by atoms with Gasteiger partial charge in [0.05, 0.1) is 0 Å². The molecule has 0 aliphatic heterocycles. The summed E-state index contributed by atoms with van der Waals surface area (Å²) < 4.78 is 0. The summed E-state index contributed by atoms with van der Waals surface area (Å²) in [6.07, 6.45) is 1.21. The zero-order chi connectivity index (χ0) is 10.1. The first kappa shape index (κ1) is 11.9. The van der Waals surface area contributed by atoms with Crippen LogP contribution in [0.1, 0.15) is 13.3 Å². The lowest BCUT2D eigenvalue weighted by Crippen LogP contribution is -2.36. The number of rotatable bonds is 7. The second-order valence-electron chi connectivity index (χ2n) is 2.63. The van der Waals surface area contributed by atoms with Crippen molar-refractivity contribution < 1.29 is 9.59 Å². The fourth-order valence-corrected chi connectivity index (χ4v) is 0.847. The Kier molecular flexibility index (Phi) is 6.91. The Hall–Kier alpha value is -1.10. The molecule has 0 bridgehead atoms. The standard InChI is InChI=1S/C8H17N3O2/c1-2-8(13)10-4-6-11(7-12)5-3-9/h7H,2-6,9H2,1H3,(H,10,13). The third-order valence-corrected chi connectivity index (χ3v) is 1.61. The van der Waals surface area contributed by atoms with E-state index < -0.39 is 0 Å². The molecular formula is C8H17N3O2. The molecular weight excluding hydrogens is 170 g/mol. The van der Waals surface area contributed by atoms with Crippen LogP contribution in [0, 0.1) is 0 Å². The van der Waals surface area contributed by atoms with Gasteiger partial charge in [-0.25, -0.2) is 0 Å². The van der Waals surface area contributed by atoms with Crippen molar-refractivity contribution in [2.75, 3.05) is 26.2 Å². The van der Waals surface area contributed by atoms with E-state index in [2.05, 4.69) is 5.32 Å². The topological polar surface area (TPSA) is 75.4 Å². The Bertz CT molecular complexity index is 161. The van der Waals surface area contributed by atoms with Crippen LogP contribution < -0.4 is 11.1 Å². The number of nitrogens with two attached hydrogens (primary N) is 1. The summed E-state index contributed by atoms with van der Waals surface area (Å²) in [5, 5.41) is 2.68. The highest BCUT2D eigenvalue weighted by atomic mass is 16.1. The van der Waals surface area contributed by atoms with Gasteiger partial charge in [-0.15, -0.1) is 0 Å². The predicted octanol–water partition coefficient (Wildman–Crippen LogP) is -1.07. The van der Waals surface area contributed by atoms with Crippen LogP contribution in [0.4, 0.5) is 0 Å². The third kappa shape index (κ3) is 6.10. The van der Waals surface area contributed by atoms with E-state index in [0.29, 0.717) is 32.6 Å². The number of hydrogen-bond donors (Lipinski definition) is 2. The van der Waals surface area contributed by atoms with Gasteiger partial charge in [-0.2, -0.15) is 0 Å². The first-order valence-electron chi connectivity index (χ1n) is 4.40. The highest BCUT2D eigenvalue weighted by Gasteiger charge is 2.00. The maximum atomic E-state index is 10.8. The molecule has 0 fully saturated rings. The van der Waals surface area contributed by atoms with E-state index in [1.54, 1.807) is 6.92 Å². The number of amides is 2. The molecule has 0 aliphatic carbocycles. The molecule has 0 saturated heterocycles. The number of carbonyl (C=O) groups is 2. The molecule has 0 unspecified atom stereocenters. The van der Waals surface area contributed by atoms with Gasteiger partial charge < -0.3 is 16.0 Å². The average Bonchev–Trinajstić information content (AvgIpc) is 2.16. The molecule has 0 aliphatic rings. The fourth-order valence-electron chi connectivity index (χ4n) is 0.847. The quantitative estimate of drug-likeness (QED) is 0.498. The van der Waals surface area contributed by atoms with E-state index in [9.17, 15) is 9.59 Å². The minimum absolute atomic E-state index is 0.00130. The Morgan fingerprint density at radius 3 is 2.69 bits per heavy atom. The van der Waals surface area contributed by atoms with Crippen molar-refractivity contribution in [1.82, 2.24) is 10.2 Å². The van der Waals surface area contributed by atoms with Gasteiger partial charge in [-0.1, -0.05) is 6.92 Å². The van der Waals surface area contributed by atoms with Gasteiger partial charge in [0.15, 0.2) is 0 Å². The van der Waals surface area contributed by atoms with Crippen molar-refractivity contribution in [2.24, 2.45) is 5.73 Å². The van der Waals surface area contributed by atoms with Crippen LogP contribution in [0.5, 0.6) is 0 Å². The van der Waals surface area contributed by atoms with E-state index in [0.717, 1.165) is 6.41 Å². The summed E-state index contributed by atoms with van der Waals surface area (Å²) in [6.45, 7) is 3.77. The SMILES string of the molecule is CCC(=O)NCCN(C=O)CCN. The number of carbonyl (C=O) groups excluding carboxylic acids is 2. The Balaban J connectivity index is 3.48. The van der Waals surface area contributed by atoms with Gasteiger partial charge in [0.2, 0.25) is 12.3 Å². The largest absolute Gasteiger partial charge is 0.354 e. The smallest absolute Gasteiger partial charge is 0.219 e. The van der Waals surface area contributed by atoms with Gasteiger partial charge in [0.1, 0.15) is 0 Å². The third-order valence-electron chi connectivity index (χ3n) is 1.61. The molecule has 0 aromatic carbocycles. The molecule has 13 heavy (non-hydrogen) atoms. The molecule has 5 heteroatoms. The summed E-state index contributed by atoms with van der Waals surface area (Å²) >= 11 is 0. The molecule has 3 N–H and O–H groups in total. The molecule has 0 rings (SSSR count). The van der Waals surface area contributed by atoms with Gasteiger partial charge >= 0.3 is 0 Å². The lowest BCUT2D eigenvalue weighted by atomic mass is 10.4. The summed E-state index contributed by atoms with van der Waals surface area (Å²) in [7, 11) is 0. The molecule has 2 amide bonds. The zero-order valence-electron chi connectivity index (χ0n) is 7.95. The average molecular weight is 187 g/mol. The van der Waals surface area contributed by atoms with Gasteiger partial charge in [0.25, 0.3) is 0 Å². The maximum absolute atomic E-state index is 10.8. The molecule has 0 aromatic rings. The number of nitrogens with zero attached hydrogens (tertiary/aromatic N) is 1. The zero-order valence-corrected chi connectivity index (χ0v) is 7.95. The highest BCUT2D eigenvalue weighted by molar-refractivity contribution is 5.75. The van der Waals surface area contributed by atoms with Gasteiger partial charge in [0, 0.05) is 32.6 Å². The molecule has 5 nitrogen and oxygen atoms in total. The molecule has 0 saturated carbocycles. The molecule has 0 heterocycles. The van der Waals surface area contributed by atoms with E-state index >= 15 is 0 Å². The van der Waals surface area contributed by atoms with Crippen LogP contribution in [0.15, 0.2) is 0 Å².